The number of hydrogen-bond donors (Lipinski definition) is 1. The molecular formula is C23H30N2O3S. The number of carbonyl (C=O) groups is 1. The van der Waals surface area contributed by atoms with Crippen LogP contribution in [0.2, 0.25) is 0 Å². The predicted octanol–water partition coefficient (Wildman–Crippen LogP) is 4.37. The van der Waals surface area contributed by atoms with Gasteiger partial charge in [-0.05, 0) is 55.5 Å². The van der Waals surface area contributed by atoms with Gasteiger partial charge in [0.1, 0.15) is 6.54 Å². The summed E-state index contributed by atoms with van der Waals surface area (Å²) in [6.07, 6.45) is 4.12. The van der Waals surface area contributed by atoms with E-state index in [4.69, 9.17) is 0 Å². The maximum absolute atomic E-state index is 13.4. The lowest BCUT2D eigenvalue weighted by Gasteiger charge is -2.25. The fourth-order valence-electron chi connectivity index (χ4n) is 3.65. The third-order valence-electron chi connectivity index (χ3n) is 5.46. The predicted molar refractivity (Wildman–Crippen MR) is 117 cm³/mol. The van der Waals surface area contributed by atoms with Crippen LogP contribution < -0.4 is 9.62 Å². The fraction of sp³-hybridized carbons (Fsp3) is 0.435. The van der Waals surface area contributed by atoms with Gasteiger partial charge in [-0.15, -0.1) is 0 Å². The van der Waals surface area contributed by atoms with Crippen molar-refractivity contribution in [1.82, 2.24) is 5.32 Å². The van der Waals surface area contributed by atoms with Crippen molar-refractivity contribution in [2.75, 3.05) is 10.8 Å². The molecule has 0 spiro atoms. The maximum atomic E-state index is 13.4. The number of sulfonamides is 1. The number of benzene rings is 2. The number of amides is 1. The number of aryl methyl sites for hydroxylation is 1. The van der Waals surface area contributed by atoms with E-state index in [9.17, 15) is 13.2 Å². The minimum absolute atomic E-state index is 0.148. The summed E-state index contributed by atoms with van der Waals surface area (Å²) in [5, 5.41) is 3.00. The highest BCUT2D eigenvalue weighted by molar-refractivity contribution is 7.92. The van der Waals surface area contributed by atoms with E-state index in [0.717, 1.165) is 36.8 Å². The van der Waals surface area contributed by atoms with Crippen LogP contribution in [0.1, 0.15) is 56.6 Å². The van der Waals surface area contributed by atoms with E-state index in [0.29, 0.717) is 11.6 Å². The monoisotopic (exact) mass is 414 g/mol. The molecule has 5 nitrogen and oxygen atoms in total. The third-order valence-corrected chi connectivity index (χ3v) is 7.25. The van der Waals surface area contributed by atoms with Crippen LogP contribution in [-0.4, -0.2) is 26.9 Å². The van der Waals surface area contributed by atoms with Crippen molar-refractivity contribution < 1.29 is 13.2 Å². The lowest BCUT2D eigenvalue weighted by Crippen LogP contribution is -2.43. The molecule has 29 heavy (non-hydrogen) atoms. The molecule has 2 aromatic rings. The number of hydrogen-bond acceptors (Lipinski definition) is 3. The normalized spacial score (nSPS) is 14.9. The molecule has 0 unspecified atom stereocenters. The molecule has 1 saturated carbocycles. The molecule has 1 N–H and O–H groups in total. The first-order chi connectivity index (χ1) is 13.8. The zero-order valence-electron chi connectivity index (χ0n) is 17.4. The van der Waals surface area contributed by atoms with Crippen LogP contribution in [-0.2, 0) is 14.8 Å². The van der Waals surface area contributed by atoms with Crippen molar-refractivity contribution in [3.63, 3.8) is 0 Å². The minimum Gasteiger partial charge on any atom is -0.352 e. The smallest absolute Gasteiger partial charge is 0.264 e. The summed E-state index contributed by atoms with van der Waals surface area (Å²) in [7, 11) is -3.86. The highest BCUT2D eigenvalue weighted by Gasteiger charge is 2.28. The van der Waals surface area contributed by atoms with Gasteiger partial charge in [0.15, 0.2) is 0 Å². The molecule has 0 saturated heterocycles. The standard InChI is InChI=1S/C23H30N2O3S/c1-17(2)19-10-12-21(13-11-19)25(16-23(26)24-20-6-4-5-7-20)29(27,28)22-14-8-18(3)9-15-22/h8-15,17,20H,4-7,16H2,1-3H3,(H,24,26). The van der Waals surface area contributed by atoms with E-state index in [1.54, 1.807) is 36.4 Å². The number of nitrogens with one attached hydrogen (secondary N) is 1. The van der Waals surface area contributed by atoms with Crippen LogP contribution in [0, 0.1) is 6.92 Å². The molecule has 3 rings (SSSR count). The second kappa shape index (κ2) is 8.99. The van der Waals surface area contributed by atoms with Gasteiger partial charge in [0, 0.05) is 6.04 Å². The highest BCUT2D eigenvalue weighted by atomic mass is 32.2. The first-order valence-electron chi connectivity index (χ1n) is 10.3. The Hall–Kier alpha value is -2.34. The molecule has 1 aliphatic rings. The Morgan fingerprint density at radius 3 is 2.17 bits per heavy atom. The van der Waals surface area contributed by atoms with Gasteiger partial charge in [-0.25, -0.2) is 8.42 Å². The lowest BCUT2D eigenvalue weighted by molar-refractivity contribution is -0.120. The maximum Gasteiger partial charge on any atom is 0.264 e. The van der Waals surface area contributed by atoms with Crippen molar-refractivity contribution in [2.24, 2.45) is 0 Å². The molecule has 0 radical (unpaired) electrons. The van der Waals surface area contributed by atoms with Crippen molar-refractivity contribution in [1.29, 1.82) is 0 Å². The fourth-order valence-corrected chi connectivity index (χ4v) is 5.07. The van der Waals surface area contributed by atoms with Crippen LogP contribution >= 0.6 is 0 Å². The summed E-state index contributed by atoms with van der Waals surface area (Å²) in [5.41, 5.74) is 2.60. The zero-order valence-corrected chi connectivity index (χ0v) is 18.2. The van der Waals surface area contributed by atoms with E-state index >= 15 is 0 Å². The molecule has 1 fully saturated rings. The summed E-state index contributed by atoms with van der Waals surface area (Å²) in [6.45, 7) is 5.86. The molecule has 0 aromatic heterocycles. The van der Waals surface area contributed by atoms with Crippen molar-refractivity contribution in [3.05, 3.63) is 59.7 Å². The van der Waals surface area contributed by atoms with Gasteiger partial charge in [0.05, 0.1) is 10.6 Å². The average Bonchev–Trinajstić information content (AvgIpc) is 3.19. The highest BCUT2D eigenvalue weighted by Crippen LogP contribution is 2.26. The molecule has 0 aliphatic heterocycles. The van der Waals surface area contributed by atoms with E-state index < -0.39 is 10.0 Å². The average molecular weight is 415 g/mol. The van der Waals surface area contributed by atoms with Crippen LogP contribution in [0.4, 0.5) is 5.69 Å². The Bertz CT molecular complexity index is 929. The van der Waals surface area contributed by atoms with Crippen LogP contribution in [0.15, 0.2) is 53.4 Å². The molecule has 2 aromatic carbocycles. The van der Waals surface area contributed by atoms with Gasteiger partial charge in [0.2, 0.25) is 5.91 Å². The van der Waals surface area contributed by atoms with Gasteiger partial charge in [0.25, 0.3) is 10.0 Å². The second-order valence-corrected chi connectivity index (χ2v) is 9.98. The number of carbonyl (C=O) groups excluding carboxylic acids is 1. The van der Waals surface area contributed by atoms with Gasteiger partial charge < -0.3 is 5.32 Å². The third kappa shape index (κ3) is 5.18. The SMILES string of the molecule is Cc1ccc(S(=O)(=O)N(CC(=O)NC2CCCC2)c2ccc(C(C)C)cc2)cc1. The summed E-state index contributed by atoms with van der Waals surface area (Å²) in [6, 6.07) is 14.3. The van der Waals surface area contributed by atoms with E-state index in [-0.39, 0.29) is 23.4 Å². The molecule has 6 heteroatoms. The molecule has 1 amide bonds. The van der Waals surface area contributed by atoms with E-state index in [2.05, 4.69) is 19.2 Å². The number of anilines is 1. The number of nitrogens with zero attached hydrogens (tertiary/aromatic N) is 1. The van der Waals surface area contributed by atoms with Crippen LogP contribution in [0.3, 0.4) is 0 Å². The van der Waals surface area contributed by atoms with Gasteiger partial charge in [-0.2, -0.15) is 0 Å². The Morgan fingerprint density at radius 1 is 1.03 bits per heavy atom. The molecule has 156 valence electrons. The Morgan fingerprint density at radius 2 is 1.62 bits per heavy atom. The zero-order chi connectivity index (χ0) is 21.0. The molecular weight excluding hydrogens is 384 g/mol. The van der Waals surface area contributed by atoms with Crippen molar-refractivity contribution >= 4 is 21.6 Å². The van der Waals surface area contributed by atoms with Gasteiger partial charge in [-0.3, -0.25) is 9.10 Å². The summed E-state index contributed by atoms with van der Waals surface area (Å²) >= 11 is 0. The van der Waals surface area contributed by atoms with Crippen LogP contribution in [0.5, 0.6) is 0 Å². The summed E-state index contributed by atoms with van der Waals surface area (Å²) < 4.78 is 28.0. The summed E-state index contributed by atoms with van der Waals surface area (Å²) in [5.74, 6) is 0.0809. The Balaban J connectivity index is 1.91. The van der Waals surface area contributed by atoms with E-state index in [1.807, 2.05) is 19.1 Å². The largest absolute Gasteiger partial charge is 0.352 e. The molecule has 1 aliphatic carbocycles. The lowest BCUT2D eigenvalue weighted by atomic mass is 10.0. The minimum atomic E-state index is -3.86. The molecule has 0 atom stereocenters. The quantitative estimate of drug-likeness (QED) is 0.731. The Kier molecular flexibility index (Phi) is 6.63. The van der Waals surface area contributed by atoms with Crippen molar-refractivity contribution in [3.8, 4) is 0 Å². The second-order valence-electron chi connectivity index (χ2n) is 8.12. The van der Waals surface area contributed by atoms with Gasteiger partial charge >= 0.3 is 0 Å². The van der Waals surface area contributed by atoms with Crippen molar-refractivity contribution in [2.45, 2.75) is 63.3 Å². The Labute approximate surface area is 174 Å². The molecule has 0 heterocycles. The first-order valence-corrected chi connectivity index (χ1v) is 11.7. The summed E-state index contributed by atoms with van der Waals surface area (Å²) in [4.78, 5) is 12.9. The first kappa shape index (κ1) is 21.4. The van der Waals surface area contributed by atoms with Crippen LogP contribution in [0.25, 0.3) is 0 Å². The van der Waals surface area contributed by atoms with E-state index in [1.165, 1.54) is 4.31 Å². The topological polar surface area (TPSA) is 66.5 Å². The number of rotatable bonds is 7. The molecule has 0 bridgehead atoms. The van der Waals surface area contributed by atoms with Gasteiger partial charge in [-0.1, -0.05) is 56.5 Å².